The molecule has 1 saturated heterocycles. The van der Waals surface area contributed by atoms with Crippen LogP contribution in [0.5, 0.6) is 5.75 Å². The second-order valence-electron chi connectivity index (χ2n) is 6.48. The number of hydrogen-bond acceptors (Lipinski definition) is 7. The summed E-state index contributed by atoms with van der Waals surface area (Å²) < 4.78 is 16.1. The van der Waals surface area contributed by atoms with Crippen molar-refractivity contribution in [3.05, 3.63) is 35.8 Å². The van der Waals surface area contributed by atoms with E-state index in [-0.39, 0.29) is 18.6 Å². The summed E-state index contributed by atoms with van der Waals surface area (Å²) in [6.45, 7) is 2.60. The maximum absolute atomic E-state index is 12.7. The van der Waals surface area contributed by atoms with Gasteiger partial charge >= 0.3 is 6.03 Å². The molecule has 2 aromatic heterocycles. The molecule has 0 aliphatic carbocycles. The summed E-state index contributed by atoms with van der Waals surface area (Å²) in [6, 6.07) is 5.00. The van der Waals surface area contributed by atoms with Crippen LogP contribution in [0.2, 0.25) is 0 Å². The summed E-state index contributed by atoms with van der Waals surface area (Å²) in [7, 11) is 1.60. The van der Waals surface area contributed by atoms with Crippen molar-refractivity contribution in [2.45, 2.75) is 38.8 Å². The normalized spacial score (nSPS) is 17.3. The maximum atomic E-state index is 12.7. The van der Waals surface area contributed by atoms with Gasteiger partial charge in [0, 0.05) is 12.6 Å². The van der Waals surface area contributed by atoms with Crippen LogP contribution in [0.15, 0.2) is 27.1 Å². The Kier molecular flexibility index (Phi) is 4.66. The van der Waals surface area contributed by atoms with Crippen LogP contribution < -0.4 is 10.1 Å². The quantitative estimate of drug-likeness (QED) is 0.751. The molecule has 27 heavy (non-hydrogen) atoms. The number of fused-ring (bicyclic) bond motifs is 1. The Bertz CT molecular complexity index is 950. The summed E-state index contributed by atoms with van der Waals surface area (Å²) in [5.74, 6) is 2.19. The Morgan fingerprint density at radius 1 is 1.37 bits per heavy atom. The molecule has 1 aliphatic rings. The zero-order valence-electron chi connectivity index (χ0n) is 15.3. The molecule has 1 N–H and O–H groups in total. The van der Waals surface area contributed by atoms with Crippen LogP contribution in [0.4, 0.5) is 4.79 Å². The number of ether oxygens (including phenoxy) is 1. The number of benzene rings is 1. The van der Waals surface area contributed by atoms with Crippen LogP contribution in [0.25, 0.3) is 11.1 Å². The zero-order chi connectivity index (χ0) is 18.8. The topological polar surface area (TPSA) is 107 Å². The second-order valence-corrected chi connectivity index (χ2v) is 6.48. The van der Waals surface area contributed by atoms with Gasteiger partial charge in [-0.3, -0.25) is 0 Å². The molecule has 0 spiro atoms. The Hall–Kier alpha value is -3.10. The Labute approximate surface area is 155 Å². The number of rotatable bonds is 4. The van der Waals surface area contributed by atoms with Crippen molar-refractivity contribution in [3.8, 4) is 5.75 Å². The summed E-state index contributed by atoms with van der Waals surface area (Å²) in [6.07, 6.45) is 2.76. The third-order valence-electron chi connectivity index (χ3n) is 4.62. The van der Waals surface area contributed by atoms with E-state index < -0.39 is 0 Å². The smallest absolute Gasteiger partial charge is 0.318 e. The number of urea groups is 1. The Morgan fingerprint density at radius 3 is 3.04 bits per heavy atom. The molecule has 3 heterocycles. The van der Waals surface area contributed by atoms with Gasteiger partial charge in [-0.15, -0.1) is 0 Å². The van der Waals surface area contributed by atoms with Crippen molar-refractivity contribution in [1.82, 2.24) is 25.3 Å². The number of aryl methyl sites for hydroxylation is 1. The Balaban J connectivity index is 1.44. The number of oxazole rings is 1. The lowest BCUT2D eigenvalue weighted by atomic mass is 10.0. The summed E-state index contributed by atoms with van der Waals surface area (Å²) in [4.78, 5) is 23.1. The zero-order valence-corrected chi connectivity index (χ0v) is 15.3. The molecular formula is C18H21N5O4. The van der Waals surface area contributed by atoms with E-state index in [4.69, 9.17) is 13.7 Å². The molecule has 142 valence electrons. The second kappa shape index (κ2) is 7.26. The number of nitrogens with one attached hydrogen (secondary N) is 1. The van der Waals surface area contributed by atoms with Crippen molar-refractivity contribution < 1.29 is 18.5 Å². The molecule has 1 fully saturated rings. The van der Waals surface area contributed by atoms with E-state index in [0.29, 0.717) is 41.0 Å². The van der Waals surface area contributed by atoms with E-state index >= 15 is 0 Å². The van der Waals surface area contributed by atoms with Gasteiger partial charge in [0.15, 0.2) is 11.4 Å². The minimum Gasteiger partial charge on any atom is -0.497 e. The van der Waals surface area contributed by atoms with Crippen molar-refractivity contribution in [2.75, 3.05) is 13.7 Å². The number of nitrogens with zero attached hydrogens (tertiary/aromatic N) is 4. The highest BCUT2D eigenvalue weighted by molar-refractivity contribution is 5.76. The summed E-state index contributed by atoms with van der Waals surface area (Å²) in [5, 5.41) is 6.71. The van der Waals surface area contributed by atoms with Crippen molar-refractivity contribution >= 4 is 17.1 Å². The van der Waals surface area contributed by atoms with Crippen molar-refractivity contribution in [2.24, 2.45) is 0 Å². The minimum atomic E-state index is -0.201. The van der Waals surface area contributed by atoms with Gasteiger partial charge in [0.1, 0.15) is 17.3 Å². The van der Waals surface area contributed by atoms with Gasteiger partial charge in [-0.2, -0.15) is 4.98 Å². The molecule has 1 atom stereocenters. The Morgan fingerprint density at radius 2 is 2.26 bits per heavy atom. The molecule has 1 aliphatic heterocycles. The number of carbonyl (C=O) groups excluding carboxylic acids is 1. The van der Waals surface area contributed by atoms with Crippen LogP contribution >= 0.6 is 0 Å². The largest absolute Gasteiger partial charge is 0.497 e. The lowest BCUT2D eigenvalue weighted by Gasteiger charge is -2.33. The number of piperidine rings is 1. The van der Waals surface area contributed by atoms with Crippen LogP contribution in [-0.4, -0.2) is 39.7 Å². The summed E-state index contributed by atoms with van der Waals surface area (Å²) in [5.41, 5.74) is 1.34. The molecule has 2 amide bonds. The van der Waals surface area contributed by atoms with E-state index in [1.807, 2.05) is 0 Å². The van der Waals surface area contributed by atoms with Gasteiger partial charge in [0.25, 0.3) is 0 Å². The van der Waals surface area contributed by atoms with Gasteiger partial charge in [0.2, 0.25) is 11.8 Å². The number of aromatic nitrogens is 3. The van der Waals surface area contributed by atoms with E-state index in [1.54, 1.807) is 37.1 Å². The average Bonchev–Trinajstić information content (AvgIpc) is 3.31. The molecule has 4 rings (SSSR count). The number of carbonyl (C=O) groups is 1. The highest BCUT2D eigenvalue weighted by Crippen LogP contribution is 2.30. The first-order chi connectivity index (χ1) is 13.1. The van der Waals surface area contributed by atoms with Crippen molar-refractivity contribution in [1.29, 1.82) is 0 Å². The van der Waals surface area contributed by atoms with Gasteiger partial charge in [-0.25, -0.2) is 9.78 Å². The lowest BCUT2D eigenvalue weighted by molar-refractivity contribution is 0.131. The van der Waals surface area contributed by atoms with Gasteiger partial charge in [0.05, 0.1) is 13.7 Å². The minimum absolute atomic E-state index is 0.196. The van der Waals surface area contributed by atoms with Gasteiger partial charge < -0.3 is 23.9 Å². The maximum Gasteiger partial charge on any atom is 0.318 e. The predicted molar refractivity (Wildman–Crippen MR) is 95.1 cm³/mol. The van der Waals surface area contributed by atoms with Crippen molar-refractivity contribution in [3.63, 3.8) is 0 Å². The first kappa shape index (κ1) is 17.3. The van der Waals surface area contributed by atoms with Gasteiger partial charge in [-0.1, -0.05) is 5.16 Å². The van der Waals surface area contributed by atoms with Crippen LogP contribution in [-0.2, 0) is 6.54 Å². The van der Waals surface area contributed by atoms with Crippen LogP contribution in [0.3, 0.4) is 0 Å². The fourth-order valence-corrected chi connectivity index (χ4v) is 3.29. The SMILES string of the molecule is COc1ccc2oc(CNC(=O)N3CCCCC3c3nc(C)no3)nc2c1. The molecule has 3 aromatic rings. The third-order valence-corrected chi connectivity index (χ3v) is 4.62. The van der Waals surface area contributed by atoms with E-state index in [0.717, 1.165) is 19.3 Å². The fraction of sp³-hybridized carbons (Fsp3) is 0.444. The summed E-state index contributed by atoms with van der Waals surface area (Å²) >= 11 is 0. The van der Waals surface area contributed by atoms with Gasteiger partial charge in [-0.05, 0) is 38.3 Å². The van der Waals surface area contributed by atoms with E-state index in [2.05, 4.69) is 20.4 Å². The molecule has 0 radical (unpaired) electrons. The molecule has 1 aromatic carbocycles. The highest BCUT2D eigenvalue weighted by atomic mass is 16.5. The van der Waals surface area contributed by atoms with E-state index in [1.165, 1.54) is 0 Å². The first-order valence-corrected chi connectivity index (χ1v) is 8.92. The lowest BCUT2D eigenvalue weighted by Crippen LogP contribution is -2.44. The standard InChI is InChI=1S/C18H21N5O4/c1-11-20-17(27-22-11)14-5-3-4-8-23(14)18(24)19-10-16-21-13-9-12(25-2)6-7-15(13)26-16/h6-7,9,14H,3-5,8,10H2,1-2H3,(H,19,24). The van der Waals surface area contributed by atoms with E-state index in [9.17, 15) is 4.79 Å². The average molecular weight is 371 g/mol. The fourth-order valence-electron chi connectivity index (χ4n) is 3.29. The van der Waals surface area contributed by atoms with Crippen LogP contribution in [0.1, 0.15) is 42.9 Å². The highest BCUT2D eigenvalue weighted by Gasteiger charge is 2.32. The monoisotopic (exact) mass is 371 g/mol. The molecule has 1 unspecified atom stereocenters. The molecular weight excluding hydrogens is 350 g/mol. The molecule has 0 saturated carbocycles. The number of amides is 2. The number of methoxy groups -OCH3 is 1. The number of likely N-dealkylation sites (tertiary alicyclic amines) is 1. The first-order valence-electron chi connectivity index (χ1n) is 8.92. The molecule has 9 nitrogen and oxygen atoms in total. The predicted octanol–water partition coefficient (Wildman–Crippen LogP) is 2.96. The molecule has 9 heteroatoms. The van der Waals surface area contributed by atoms with Crippen LogP contribution in [0, 0.1) is 6.92 Å². The number of hydrogen-bond donors (Lipinski definition) is 1. The molecule has 0 bridgehead atoms. The third kappa shape index (κ3) is 3.57.